The van der Waals surface area contributed by atoms with Gasteiger partial charge in [-0.25, -0.2) is 13.8 Å². The maximum absolute atomic E-state index is 13.3. The molecule has 1 heterocycles. The molecule has 0 bridgehead atoms. The average molecular weight is 252 g/mol. The van der Waals surface area contributed by atoms with Gasteiger partial charge < -0.3 is 9.73 Å². The van der Waals surface area contributed by atoms with Gasteiger partial charge in [0.25, 0.3) is 5.89 Å². The Morgan fingerprint density at radius 3 is 2.61 bits per heavy atom. The monoisotopic (exact) mass is 252 g/mol. The molecule has 6 heteroatoms. The van der Waals surface area contributed by atoms with Crippen molar-refractivity contribution in [2.45, 2.75) is 13.5 Å². The Hall–Kier alpha value is -2.24. The molecule has 0 radical (unpaired) electrons. The van der Waals surface area contributed by atoms with Crippen molar-refractivity contribution in [3.8, 4) is 0 Å². The van der Waals surface area contributed by atoms with Crippen molar-refractivity contribution in [2.24, 2.45) is 0 Å². The molecule has 0 atom stereocenters. The third-order valence-electron chi connectivity index (χ3n) is 2.30. The van der Waals surface area contributed by atoms with Crippen molar-refractivity contribution in [1.82, 2.24) is 10.3 Å². The molecule has 0 aliphatic heterocycles. The highest BCUT2D eigenvalue weighted by Gasteiger charge is 2.14. The summed E-state index contributed by atoms with van der Waals surface area (Å²) in [5.41, 5.74) is -0.200. The van der Waals surface area contributed by atoms with E-state index in [9.17, 15) is 13.6 Å². The summed E-state index contributed by atoms with van der Waals surface area (Å²) in [6.07, 6.45) is 1.39. The smallest absolute Gasteiger partial charge is 0.307 e. The van der Waals surface area contributed by atoms with Crippen LogP contribution in [0.25, 0.3) is 0 Å². The number of nitrogens with zero attached hydrogens (tertiary/aromatic N) is 1. The number of amides is 1. The van der Waals surface area contributed by atoms with E-state index in [4.69, 9.17) is 4.42 Å². The second-order valence-electron chi connectivity index (χ2n) is 3.66. The van der Waals surface area contributed by atoms with Crippen molar-refractivity contribution < 1.29 is 18.0 Å². The van der Waals surface area contributed by atoms with Crippen LogP contribution in [0.15, 0.2) is 28.8 Å². The zero-order chi connectivity index (χ0) is 13.1. The number of aromatic nitrogens is 1. The fourth-order valence-electron chi connectivity index (χ4n) is 1.41. The van der Waals surface area contributed by atoms with E-state index >= 15 is 0 Å². The fraction of sp³-hybridized carbons (Fsp3) is 0.167. The van der Waals surface area contributed by atoms with Gasteiger partial charge in [-0.05, 0) is 19.1 Å². The number of rotatable bonds is 3. The molecule has 0 aliphatic rings. The van der Waals surface area contributed by atoms with Gasteiger partial charge in [0.2, 0.25) is 0 Å². The number of carbonyl (C=O) groups is 1. The molecule has 0 aliphatic carbocycles. The molecule has 18 heavy (non-hydrogen) atoms. The fourth-order valence-corrected chi connectivity index (χ4v) is 1.41. The van der Waals surface area contributed by atoms with Gasteiger partial charge in [-0.3, -0.25) is 4.79 Å². The number of aryl methyl sites for hydroxylation is 1. The third-order valence-corrected chi connectivity index (χ3v) is 2.30. The summed E-state index contributed by atoms with van der Waals surface area (Å²) >= 11 is 0. The molecule has 2 aromatic rings. The standard InChI is InChI=1S/C12H10F2N2O2/c1-7-5-16-12(18-7)11(17)15-6-8-9(13)3-2-4-10(8)14/h2-5H,6H2,1H3,(H,15,17). The molecule has 1 aromatic heterocycles. The van der Waals surface area contributed by atoms with Crippen molar-refractivity contribution in [2.75, 3.05) is 0 Å². The number of benzene rings is 1. The SMILES string of the molecule is Cc1cnc(C(=O)NCc2c(F)cccc2F)o1. The van der Waals surface area contributed by atoms with Crippen LogP contribution in [0.4, 0.5) is 8.78 Å². The van der Waals surface area contributed by atoms with Crippen LogP contribution in [0.5, 0.6) is 0 Å². The van der Waals surface area contributed by atoms with Crippen LogP contribution in [-0.4, -0.2) is 10.9 Å². The third kappa shape index (κ3) is 2.53. The lowest BCUT2D eigenvalue weighted by molar-refractivity contribution is 0.0914. The summed E-state index contributed by atoms with van der Waals surface area (Å²) in [5, 5.41) is 2.34. The molecular formula is C12H10F2N2O2. The molecule has 0 spiro atoms. The zero-order valence-electron chi connectivity index (χ0n) is 9.54. The van der Waals surface area contributed by atoms with E-state index in [1.807, 2.05) is 0 Å². The first-order valence-corrected chi connectivity index (χ1v) is 5.21. The molecule has 0 unspecified atom stereocenters. The number of carbonyl (C=O) groups excluding carboxylic acids is 1. The van der Waals surface area contributed by atoms with Crippen LogP contribution < -0.4 is 5.32 Å². The number of halogens is 2. The Morgan fingerprint density at radius 2 is 2.06 bits per heavy atom. The zero-order valence-corrected chi connectivity index (χ0v) is 9.54. The second kappa shape index (κ2) is 4.95. The number of hydrogen-bond donors (Lipinski definition) is 1. The van der Waals surface area contributed by atoms with E-state index in [-0.39, 0.29) is 18.0 Å². The Morgan fingerprint density at radius 1 is 1.39 bits per heavy atom. The lowest BCUT2D eigenvalue weighted by Crippen LogP contribution is -2.24. The van der Waals surface area contributed by atoms with Crippen molar-refractivity contribution in [1.29, 1.82) is 0 Å². The highest BCUT2D eigenvalue weighted by Crippen LogP contribution is 2.11. The second-order valence-corrected chi connectivity index (χ2v) is 3.66. The van der Waals surface area contributed by atoms with Gasteiger partial charge in [0, 0.05) is 12.1 Å². The minimum Gasteiger partial charge on any atom is -0.438 e. The van der Waals surface area contributed by atoms with Gasteiger partial charge >= 0.3 is 5.91 Å². The molecule has 94 valence electrons. The highest BCUT2D eigenvalue weighted by molar-refractivity contribution is 5.89. The molecule has 0 saturated heterocycles. The normalized spacial score (nSPS) is 10.4. The summed E-state index contributed by atoms with van der Waals surface area (Å²) in [4.78, 5) is 15.2. The van der Waals surface area contributed by atoms with Crippen LogP contribution in [-0.2, 0) is 6.54 Å². The van der Waals surface area contributed by atoms with Gasteiger partial charge in [0.1, 0.15) is 17.4 Å². The summed E-state index contributed by atoms with van der Waals surface area (Å²) in [6, 6.07) is 3.51. The summed E-state index contributed by atoms with van der Waals surface area (Å²) in [5.74, 6) is -1.69. The summed E-state index contributed by atoms with van der Waals surface area (Å²) in [7, 11) is 0. The molecule has 1 N–H and O–H groups in total. The first kappa shape index (κ1) is 12.2. The minimum atomic E-state index is -0.709. The average Bonchev–Trinajstić information content (AvgIpc) is 2.75. The van der Waals surface area contributed by atoms with Crippen molar-refractivity contribution in [3.05, 3.63) is 53.2 Å². The van der Waals surface area contributed by atoms with E-state index in [1.54, 1.807) is 6.92 Å². The van der Waals surface area contributed by atoms with Gasteiger partial charge in [0.05, 0.1) is 6.20 Å². The Balaban J connectivity index is 2.06. The Bertz CT molecular complexity index is 561. The van der Waals surface area contributed by atoms with Gasteiger partial charge in [-0.15, -0.1) is 0 Å². The van der Waals surface area contributed by atoms with Crippen LogP contribution in [0.2, 0.25) is 0 Å². The van der Waals surface area contributed by atoms with Gasteiger partial charge in [-0.2, -0.15) is 0 Å². The Labute approximate surface area is 102 Å². The molecule has 4 nitrogen and oxygen atoms in total. The van der Waals surface area contributed by atoms with E-state index in [1.165, 1.54) is 12.3 Å². The van der Waals surface area contributed by atoms with Crippen LogP contribution in [0.3, 0.4) is 0 Å². The first-order chi connectivity index (χ1) is 8.58. The largest absolute Gasteiger partial charge is 0.438 e. The number of oxazole rings is 1. The molecular weight excluding hydrogens is 242 g/mol. The molecule has 0 saturated carbocycles. The van der Waals surface area contributed by atoms with E-state index in [0.717, 1.165) is 12.1 Å². The summed E-state index contributed by atoms with van der Waals surface area (Å²) in [6.45, 7) is 1.37. The van der Waals surface area contributed by atoms with Crippen LogP contribution >= 0.6 is 0 Å². The van der Waals surface area contributed by atoms with E-state index in [2.05, 4.69) is 10.3 Å². The topological polar surface area (TPSA) is 55.1 Å². The Kier molecular flexibility index (Phi) is 3.36. The maximum atomic E-state index is 13.3. The first-order valence-electron chi connectivity index (χ1n) is 5.21. The predicted octanol–water partition coefficient (Wildman–Crippen LogP) is 2.19. The maximum Gasteiger partial charge on any atom is 0.307 e. The molecule has 2 rings (SSSR count). The predicted molar refractivity (Wildman–Crippen MR) is 58.8 cm³/mol. The molecule has 1 aromatic carbocycles. The lowest BCUT2D eigenvalue weighted by Gasteiger charge is -2.05. The van der Waals surface area contributed by atoms with Crippen molar-refractivity contribution >= 4 is 5.91 Å². The van der Waals surface area contributed by atoms with Crippen molar-refractivity contribution in [3.63, 3.8) is 0 Å². The van der Waals surface area contributed by atoms with Crippen LogP contribution in [0.1, 0.15) is 22.0 Å². The quantitative estimate of drug-likeness (QED) is 0.911. The van der Waals surface area contributed by atoms with E-state index in [0.29, 0.717) is 5.76 Å². The van der Waals surface area contributed by atoms with Gasteiger partial charge in [0.15, 0.2) is 0 Å². The molecule has 0 fully saturated rings. The van der Waals surface area contributed by atoms with Crippen LogP contribution in [0, 0.1) is 18.6 Å². The number of hydrogen-bond acceptors (Lipinski definition) is 3. The lowest BCUT2D eigenvalue weighted by atomic mass is 10.2. The van der Waals surface area contributed by atoms with Gasteiger partial charge in [-0.1, -0.05) is 6.07 Å². The summed E-state index contributed by atoms with van der Waals surface area (Å²) < 4.78 is 31.5. The minimum absolute atomic E-state index is 0.135. The number of nitrogens with one attached hydrogen (secondary N) is 1. The molecule has 1 amide bonds. The van der Waals surface area contributed by atoms with E-state index < -0.39 is 17.5 Å². The highest BCUT2D eigenvalue weighted by atomic mass is 19.1.